The van der Waals surface area contributed by atoms with Crippen molar-refractivity contribution in [1.82, 2.24) is 0 Å². The van der Waals surface area contributed by atoms with Crippen molar-refractivity contribution < 1.29 is 4.74 Å². The summed E-state index contributed by atoms with van der Waals surface area (Å²) < 4.78 is 5.10. The minimum Gasteiger partial charge on any atom is -0.483 e. The van der Waals surface area contributed by atoms with Gasteiger partial charge in [-0.05, 0) is 5.92 Å². The summed E-state index contributed by atoms with van der Waals surface area (Å²) in [6, 6.07) is 0.133. The van der Waals surface area contributed by atoms with Crippen LogP contribution >= 0.6 is 0 Å². The second-order valence-corrected chi connectivity index (χ2v) is 2.90. The summed E-state index contributed by atoms with van der Waals surface area (Å²) in [6.07, 6.45) is 1.84. The van der Waals surface area contributed by atoms with Crippen molar-refractivity contribution in [2.75, 3.05) is 13.7 Å². The van der Waals surface area contributed by atoms with E-state index in [2.05, 4.69) is 23.8 Å². The molecule has 0 bridgehead atoms. The van der Waals surface area contributed by atoms with E-state index in [9.17, 15) is 0 Å². The van der Waals surface area contributed by atoms with Crippen molar-refractivity contribution in [1.29, 1.82) is 0 Å². The Kier molecular flexibility index (Phi) is 2.63. The van der Waals surface area contributed by atoms with E-state index in [1.165, 1.54) is 0 Å². The molecule has 0 spiro atoms. The van der Waals surface area contributed by atoms with Crippen molar-refractivity contribution in [3.05, 3.63) is 0 Å². The van der Waals surface area contributed by atoms with E-state index < -0.39 is 0 Å². The number of ether oxygens (including phenoxy) is 1. The number of aliphatic imine (C=N–C) groups is 2. The summed E-state index contributed by atoms with van der Waals surface area (Å²) >= 11 is 0. The zero-order chi connectivity index (χ0) is 8.27. The van der Waals surface area contributed by atoms with Crippen molar-refractivity contribution >= 4 is 12.1 Å². The summed E-state index contributed by atoms with van der Waals surface area (Å²) in [4.78, 5) is 8.50. The normalized spacial score (nSPS) is 23.6. The van der Waals surface area contributed by atoms with Gasteiger partial charge >= 0.3 is 0 Å². The molecule has 3 heteroatoms. The third kappa shape index (κ3) is 1.79. The van der Waals surface area contributed by atoms with Gasteiger partial charge in [0.25, 0.3) is 0 Å². The molecule has 1 aliphatic heterocycles. The van der Waals surface area contributed by atoms with Gasteiger partial charge in [-0.1, -0.05) is 13.8 Å². The molecule has 1 atom stereocenters. The Hall–Kier alpha value is -0.860. The lowest BCUT2D eigenvalue weighted by Gasteiger charge is -2.19. The maximum atomic E-state index is 5.10. The van der Waals surface area contributed by atoms with E-state index in [1.54, 1.807) is 7.11 Å². The minimum absolute atomic E-state index is 0.133. The smallest absolute Gasteiger partial charge is 0.209 e. The van der Waals surface area contributed by atoms with E-state index in [0.29, 0.717) is 12.5 Å². The first-order valence-electron chi connectivity index (χ1n) is 3.85. The summed E-state index contributed by atoms with van der Waals surface area (Å²) in [5.74, 6) is 1.23. The van der Waals surface area contributed by atoms with Crippen molar-refractivity contribution in [2.24, 2.45) is 15.9 Å². The predicted molar refractivity (Wildman–Crippen MR) is 46.4 cm³/mol. The molecule has 0 aromatic rings. The van der Waals surface area contributed by atoms with Crippen LogP contribution in [0.15, 0.2) is 9.98 Å². The zero-order valence-electron chi connectivity index (χ0n) is 7.24. The van der Waals surface area contributed by atoms with E-state index in [1.807, 2.05) is 6.21 Å². The second kappa shape index (κ2) is 3.51. The molecule has 3 nitrogen and oxygen atoms in total. The van der Waals surface area contributed by atoms with Gasteiger partial charge in [-0.2, -0.15) is 0 Å². The van der Waals surface area contributed by atoms with Gasteiger partial charge in [0, 0.05) is 6.21 Å². The fourth-order valence-electron chi connectivity index (χ4n) is 1.09. The molecule has 1 rings (SSSR count). The Labute approximate surface area is 67.2 Å². The molecule has 0 saturated heterocycles. The highest BCUT2D eigenvalue weighted by Gasteiger charge is 2.20. The maximum Gasteiger partial charge on any atom is 0.209 e. The molecule has 0 aromatic carbocycles. The molecule has 0 radical (unpaired) electrons. The largest absolute Gasteiger partial charge is 0.483 e. The van der Waals surface area contributed by atoms with Crippen LogP contribution in [-0.2, 0) is 4.74 Å². The number of methoxy groups -OCH3 is 1. The lowest BCUT2D eigenvalue weighted by atomic mass is 10.0. The molecular weight excluding hydrogens is 140 g/mol. The first-order chi connectivity index (χ1) is 5.25. The zero-order valence-corrected chi connectivity index (χ0v) is 7.24. The van der Waals surface area contributed by atoms with Gasteiger partial charge in [0.2, 0.25) is 5.90 Å². The summed E-state index contributed by atoms with van der Waals surface area (Å²) in [5.41, 5.74) is 0. The Morgan fingerprint density at radius 1 is 1.64 bits per heavy atom. The fraction of sp³-hybridized carbons (Fsp3) is 0.750. The highest BCUT2D eigenvalue weighted by Crippen LogP contribution is 2.11. The Bertz CT molecular complexity index is 185. The van der Waals surface area contributed by atoms with Crippen molar-refractivity contribution in [3.63, 3.8) is 0 Å². The third-order valence-corrected chi connectivity index (χ3v) is 1.69. The average Bonchev–Trinajstić information content (AvgIpc) is 2.04. The molecule has 0 fully saturated rings. The van der Waals surface area contributed by atoms with Crippen LogP contribution in [0.3, 0.4) is 0 Å². The molecular formula is C8H14N2O. The summed E-state index contributed by atoms with van der Waals surface area (Å²) in [5, 5.41) is 0. The highest BCUT2D eigenvalue weighted by atomic mass is 16.5. The Morgan fingerprint density at radius 3 is 2.82 bits per heavy atom. The first kappa shape index (κ1) is 8.24. The highest BCUT2D eigenvalue weighted by molar-refractivity contribution is 5.87. The van der Waals surface area contributed by atoms with Crippen molar-refractivity contribution in [3.8, 4) is 0 Å². The summed E-state index contributed by atoms with van der Waals surface area (Å²) in [6.45, 7) is 4.89. The molecule has 0 N–H and O–H groups in total. The third-order valence-electron chi connectivity index (χ3n) is 1.69. The average molecular weight is 154 g/mol. The van der Waals surface area contributed by atoms with E-state index >= 15 is 0 Å². The maximum absolute atomic E-state index is 5.10. The molecule has 1 unspecified atom stereocenters. The quantitative estimate of drug-likeness (QED) is 0.557. The van der Waals surface area contributed by atoms with Gasteiger partial charge in [-0.3, -0.25) is 4.99 Å². The molecule has 62 valence electrons. The monoisotopic (exact) mass is 154 g/mol. The van der Waals surface area contributed by atoms with Crippen LogP contribution in [0.2, 0.25) is 0 Å². The lowest BCUT2D eigenvalue weighted by Crippen LogP contribution is -2.29. The van der Waals surface area contributed by atoms with Gasteiger partial charge in [-0.25, -0.2) is 4.99 Å². The second-order valence-electron chi connectivity index (χ2n) is 2.90. The molecule has 1 heterocycles. The number of nitrogens with zero attached hydrogens (tertiary/aromatic N) is 2. The van der Waals surface area contributed by atoms with E-state index in [4.69, 9.17) is 4.74 Å². The van der Waals surface area contributed by atoms with Gasteiger partial charge < -0.3 is 4.74 Å². The topological polar surface area (TPSA) is 34.0 Å². The Morgan fingerprint density at radius 2 is 2.36 bits per heavy atom. The predicted octanol–water partition coefficient (Wildman–Crippen LogP) is 1.14. The van der Waals surface area contributed by atoms with Gasteiger partial charge in [0.05, 0.1) is 13.7 Å². The van der Waals surface area contributed by atoms with Gasteiger partial charge in [0.15, 0.2) is 0 Å². The number of rotatable bonds is 1. The number of hydrogen-bond acceptors (Lipinski definition) is 3. The number of hydrogen-bond donors (Lipinski definition) is 0. The molecule has 0 amide bonds. The minimum atomic E-state index is 0.133. The first-order valence-corrected chi connectivity index (χ1v) is 3.85. The molecule has 0 saturated carbocycles. The molecule has 0 aromatic heterocycles. The van der Waals surface area contributed by atoms with Crippen LogP contribution in [0.4, 0.5) is 0 Å². The van der Waals surface area contributed by atoms with Crippen LogP contribution in [0, 0.1) is 5.92 Å². The van der Waals surface area contributed by atoms with E-state index in [-0.39, 0.29) is 6.04 Å². The standard InChI is InChI=1S/C8H14N2O/c1-6(2)7-8(11-3)10-5-4-9-7/h4,6-7H,5H2,1-3H3. The SMILES string of the molecule is COC1=NCC=NC1C(C)C. The van der Waals surface area contributed by atoms with Crippen LogP contribution in [0.5, 0.6) is 0 Å². The molecule has 1 aliphatic rings. The lowest BCUT2D eigenvalue weighted by molar-refractivity contribution is 0.362. The molecule has 0 aliphatic carbocycles. The van der Waals surface area contributed by atoms with Crippen LogP contribution < -0.4 is 0 Å². The van der Waals surface area contributed by atoms with Gasteiger partial charge in [0.1, 0.15) is 6.04 Å². The Balaban J connectivity index is 2.67. The molecule has 11 heavy (non-hydrogen) atoms. The van der Waals surface area contributed by atoms with Crippen molar-refractivity contribution in [2.45, 2.75) is 19.9 Å². The van der Waals surface area contributed by atoms with Crippen LogP contribution in [-0.4, -0.2) is 31.8 Å². The van der Waals surface area contributed by atoms with Crippen LogP contribution in [0.1, 0.15) is 13.8 Å². The van der Waals surface area contributed by atoms with E-state index in [0.717, 1.165) is 5.90 Å². The summed E-state index contributed by atoms with van der Waals surface area (Å²) in [7, 11) is 1.65. The van der Waals surface area contributed by atoms with Gasteiger partial charge in [-0.15, -0.1) is 0 Å². The fourth-order valence-corrected chi connectivity index (χ4v) is 1.09. The van der Waals surface area contributed by atoms with Crippen LogP contribution in [0.25, 0.3) is 0 Å².